The van der Waals surface area contributed by atoms with Crippen molar-refractivity contribution in [1.82, 2.24) is 0 Å². The van der Waals surface area contributed by atoms with Gasteiger partial charge in [0.25, 0.3) is 7.82 Å². The number of hydrogen-bond donors (Lipinski definition) is 0. The molecule has 9 heteroatoms. The maximum absolute atomic E-state index is 12.7. The summed E-state index contributed by atoms with van der Waals surface area (Å²) in [5.74, 6) is -0.345. The van der Waals surface area contributed by atoms with Crippen molar-refractivity contribution in [2.24, 2.45) is 0 Å². The summed E-state index contributed by atoms with van der Waals surface area (Å²) in [6, 6.07) is 0. The van der Waals surface area contributed by atoms with Gasteiger partial charge in [0.1, 0.15) is 19.3 Å². The SMILES string of the molecule is CCCCC/C=C\C/C=C\CCCCCCCCCC(=O)OC(COCCCCCCCC/C=C\CCCCC)COP(=O)([O-])OCC[N+](C)(C)C. The van der Waals surface area contributed by atoms with Crippen molar-refractivity contribution in [3.05, 3.63) is 36.5 Å². The number of ether oxygens (including phenoxy) is 2. The average molecular weight is 756 g/mol. The second kappa shape index (κ2) is 36.7. The molecule has 8 nitrogen and oxygen atoms in total. The molecule has 0 fully saturated rings. The van der Waals surface area contributed by atoms with E-state index in [9.17, 15) is 14.3 Å². The Morgan fingerprint density at radius 3 is 1.58 bits per heavy atom. The molecule has 0 saturated heterocycles. The van der Waals surface area contributed by atoms with Crippen molar-refractivity contribution >= 4 is 13.8 Å². The van der Waals surface area contributed by atoms with Gasteiger partial charge in [-0.2, -0.15) is 0 Å². The van der Waals surface area contributed by atoms with E-state index in [1.807, 2.05) is 21.1 Å². The number of quaternary nitrogens is 1. The lowest BCUT2D eigenvalue weighted by Gasteiger charge is -2.28. The third-order valence-electron chi connectivity index (χ3n) is 8.91. The molecule has 0 aliphatic carbocycles. The molecule has 0 aliphatic heterocycles. The summed E-state index contributed by atoms with van der Waals surface area (Å²) in [6.45, 7) is 5.34. The molecule has 0 aromatic carbocycles. The molecule has 0 aliphatic rings. The largest absolute Gasteiger partial charge is 0.756 e. The van der Waals surface area contributed by atoms with Crippen LogP contribution in [0.15, 0.2) is 36.5 Å². The molecule has 0 spiro atoms. The summed E-state index contributed by atoms with van der Waals surface area (Å²) >= 11 is 0. The van der Waals surface area contributed by atoms with Crippen LogP contribution in [0.1, 0.15) is 174 Å². The standard InChI is InChI=1S/C43H82NO7P/c1-6-8-10-12-14-16-18-20-21-22-23-24-26-28-30-32-34-36-43(45)51-42(41-50-52(46,47)49-39-37-44(3,4)5)40-48-38-35-33-31-29-27-25-19-17-15-13-11-9-7-2/h14-17,20-21,42H,6-13,18-19,22-41H2,1-5H3/b16-14-,17-15-,21-20-. The molecule has 0 aromatic heterocycles. The molecule has 0 amide bonds. The third kappa shape index (κ3) is 39.9. The van der Waals surface area contributed by atoms with Crippen LogP contribution in [0, 0.1) is 0 Å². The Labute approximate surface area is 321 Å². The van der Waals surface area contributed by atoms with Gasteiger partial charge in [-0.1, -0.05) is 134 Å². The van der Waals surface area contributed by atoms with Gasteiger partial charge < -0.3 is 27.9 Å². The lowest BCUT2D eigenvalue weighted by molar-refractivity contribution is -0.870. The molecule has 0 rings (SSSR count). The van der Waals surface area contributed by atoms with E-state index in [0.29, 0.717) is 24.1 Å². The van der Waals surface area contributed by atoms with Crippen molar-refractivity contribution in [1.29, 1.82) is 0 Å². The zero-order valence-electron chi connectivity index (χ0n) is 34.5. The molecule has 306 valence electrons. The van der Waals surface area contributed by atoms with Crippen LogP contribution in [0.4, 0.5) is 0 Å². The van der Waals surface area contributed by atoms with E-state index in [-0.39, 0.29) is 25.8 Å². The molecule has 0 bridgehead atoms. The number of carbonyl (C=O) groups is 1. The van der Waals surface area contributed by atoms with Crippen molar-refractivity contribution in [3.8, 4) is 0 Å². The minimum absolute atomic E-state index is 0.0230. The quantitative estimate of drug-likeness (QED) is 0.0203. The molecule has 0 heterocycles. The first kappa shape index (κ1) is 50.7. The molecule has 52 heavy (non-hydrogen) atoms. The monoisotopic (exact) mass is 756 g/mol. The number of hydrogen-bond acceptors (Lipinski definition) is 7. The molecule has 2 unspecified atom stereocenters. The minimum Gasteiger partial charge on any atom is -0.756 e. The van der Waals surface area contributed by atoms with E-state index in [1.165, 1.54) is 109 Å². The Balaban J connectivity index is 4.27. The third-order valence-corrected chi connectivity index (χ3v) is 9.88. The minimum atomic E-state index is -4.52. The Morgan fingerprint density at radius 2 is 1.06 bits per heavy atom. The number of nitrogens with zero attached hydrogens (tertiary/aromatic N) is 1. The number of allylic oxidation sites excluding steroid dienone is 6. The smallest absolute Gasteiger partial charge is 0.306 e. The first-order valence-electron chi connectivity index (χ1n) is 21.2. The number of rotatable bonds is 39. The number of carbonyl (C=O) groups excluding carboxylic acids is 1. The molecule has 0 aromatic rings. The van der Waals surface area contributed by atoms with E-state index in [0.717, 1.165) is 44.9 Å². The van der Waals surface area contributed by atoms with E-state index >= 15 is 0 Å². The van der Waals surface area contributed by atoms with Gasteiger partial charge in [0.05, 0.1) is 34.4 Å². The maximum Gasteiger partial charge on any atom is 0.306 e. The van der Waals surface area contributed by atoms with Gasteiger partial charge in [-0.15, -0.1) is 0 Å². The second-order valence-electron chi connectivity index (χ2n) is 15.3. The number of phosphoric ester groups is 1. The Morgan fingerprint density at radius 1 is 0.596 bits per heavy atom. The normalized spacial score (nSPS) is 14.2. The average Bonchev–Trinajstić information content (AvgIpc) is 3.09. The fourth-order valence-corrected chi connectivity index (χ4v) is 6.30. The highest BCUT2D eigenvalue weighted by Crippen LogP contribution is 2.38. The summed E-state index contributed by atoms with van der Waals surface area (Å²) in [4.78, 5) is 25.0. The Kier molecular flexibility index (Phi) is 35.8. The van der Waals surface area contributed by atoms with Crippen LogP contribution < -0.4 is 4.89 Å². The van der Waals surface area contributed by atoms with E-state index in [2.05, 4.69) is 50.3 Å². The van der Waals surface area contributed by atoms with Gasteiger partial charge in [-0.3, -0.25) is 9.36 Å². The molecule has 0 saturated carbocycles. The van der Waals surface area contributed by atoms with Gasteiger partial charge in [0.15, 0.2) is 0 Å². The first-order valence-corrected chi connectivity index (χ1v) is 22.7. The highest BCUT2D eigenvalue weighted by atomic mass is 31.2. The van der Waals surface area contributed by atoms with Crippen LogP contribution in [-0.4, -0.2) is 70.7 Å². The van der Waals surface area contributed by atoms with E-state index in [4.69, 9.17) is 18.5 Å². The fourth-order valence-electron chi connectivity index (χ4n) is 5.57. The maximum atomic E-state index is 12.7. The lowest BCUT2D eigenvalue weighted by Crippen LogP contribution is -2.37. The van der Waals surface area contributed by atoms with Crippen LogP contribution in [0.2, 0.25) is 0 Å². The van der Waals surface area contributed by atoms with Crippen molar-refractivity contribution in [2.45, 2.75) is 180 Å². The van der Waals surface area contributed by atoms with E-state index in [1.54, 1.807) is 0 Å². The molecule has 0 radical (unpaired) electrons. The fraction of sp³-hybridized carbons (Fsp3) is 0.837. The summed E-state index contributed by atoms with van der Waals surface area (Å²) in [5, 5.41) is 0. The summed E-state index contributed by atoms with van der Waals surface area (Å²) in [7, 11) is 1.34. The van der Waals surface area contributed by atoms with Gasteiger partial charge in [-0.05, 0) is 70.6 Å². The van der Waals surface area contributed by atoms with Crippen molar-refractivity contribution in [2.75, 3.05) is 54.1 Å². The van der Waals surface area contributed by atoms with Crippen molar-refractivity contribution in [3.63, 3.8) is 0 Å². The zero-order valence-corrected chi connectivity index (χ0v) is 35.4. The van der Waals surface area contributed by atoms with Crippen LogP contribution in [-0.2, 0) is 27.9 Å². The lowest BCUT2D eigenvalue weighted by atomic mass is 10.1. The predicted molar refractivity (Wildman–Crippen MR) is 217 cm³/mol. The van der Waals surface area contributed by atoms with Crippen LogP contribution in [0.3, 0.4) is 0 Å². The Hall–Kier alpha value is -1.28. The van der Waals surface area contributed by atoms with Crippen LogP contribution in [0.25, 0.3) is 0 Å². The first-order chi connectivity index (χ1) is 25.1. The molecular weight excluding hydrogens is 673 g/mol. The van der Waals surface area contributed by atoms with Gasteiger partial charge >= 0.3 is 5.97 Å². The molecular formula is C43H82NO7P. The van der Waals surface area contributed by atoms with Gasteiger partial charge in [-0.25, -0.2) is 0 Å². The van der Waals surface area contributed by atoms with Gasteiger partial charge in [0.2, 0.25) is 0 Å². The number of likely N-dealkylation sites (N-methyl/N-ethyl adjacent to an activating group) is 1. The summed E-state index contributed by atoms with van der Waals surface area (Å²) in [6.07, 6.45) is 41.4. The topological polar surface area (TPSA) is 94.1 Å². The second-order valence-corrected chi connectivity index (χ2v) is 16.8. The highest BCUT2D eigenvalue weighted by Gasteiger charge is 2.20. The Bertz CT molecular complexity index is 931. The van der Waals surface area contributed by atoms with E-state index < -0.39 is 13.9 Å². The zero-order chi connectivity index (χ0) is 38.4. The highest BCUT2D eigenvalue weighted by molar-refractivity contribution is 7.45. The number of phosphoric acid groups is 1. The molecule has 0 N–H and O–H groups in total. The number of unbranched alkanes of at least 4 members (excludes halogenated alkanes) is 19. The predicted octanol–water partition coefficient (Wildman–Crippen LogP) is 11.6. The molecule has 2 atom stereocenters. The number of esters is 1. The van der Waals surface area contributed by atoms with Gasteiger partial charge in [0, 0.05) is 13.0 Å². The summed E-state index contributed by atoms with van der Waals surface area (Å²) < 4.78 is 34.5. The summed E-state index contributed by atoms with van der Waals surface area (Å²) in [5.41, 5.74) is 0. The van der Waals surface area contributed by atoms with Crippen LogP contribution in [0.5, 0.6) is 0 Å². The van der Waals surface area contributed by atoms with Crippen molar-refractivity contribution < 1.29 is 37.3 Å². The van der Waals surface area contributed by atoms with Crippen LogP contribution >= 0.6 is 7.82 Å².